The lowest BCUT2D eigenvalue weighted by molar-refractivity contribution is 0.0973. The molecule has 5 rings (SSSR count). The number of hydrogen-bond acceptors (Lipinski definition) is 8. The van der Waals surface area contributed by atoms with Crippen molar-refractivity contribution in [3.8, 4) is 11.5 Å². The molecule has 2 aromatic rings. The van der Waals surface area contributed by atoms with Gasteiger partial charge in [-0.15, -0.1) is 0 Å². The summed E-state index contributed by atoms with van der Waals surface area (Å²) in [7, 11) is 1.61. The van der Waals surface area contributed by atoms with Crippen molar-refractivity contribution in [2.75, 3.05) is 46.4 Å². The lowest BCUT2D eigenvalue weighted by Gasteiger charge is -2.28. The number of benzene rings is 1. The summed E-state index contributed by atoms with van der Waals surface area (Å²) in [5, 5.41) is 2.91. The average Bonchev–Trinajstić information content (AvgIpc) is 3.52. The number of carbonyl (C=O) groups excluding carboxylic acids is 1. The van der Waals surface area contributed by atoms with Gasteiger partial charge in [-0.1, -0.05) is 0 Å². The van der Waals surface area contributed by atoms with Gasteiger partial charge >= 0.3 is 0 Å². The van der Waals surface area contributed by atoms with Crippen molar-refractivity contribution in [2.24, 2.45) is 9.98 Å². The minimum Gasteiger partial charge on any atom is -0.491 e. The van der Waals surface area contributed by atoms with Crippen molar-refractivity contribution < 1.29 is 14.3 Å². The van der Waals surface area contributed by atoms with Crippen LogP contribution < -0.4 is 14.8 Å². The first-order valence-electron chi connectivity index (χ1n) is 10.9. The topological polar surface area (TPSA) is 91.7 Å². The number of aliphatic imine (C=N–C) groups is 2. The van der Waals surface area contributed by atoms with E-state index in [1.807, 2.05) is 17.0 Å². The summed E-state index contributed by atoms with van der Waals surface area (Å²) in [6.07, 6.45) is 5.66. The molecule has 1 amide bonds. The van der Waals surface area contributed by atoms with Gasteiger partial charge in [0.05, 0.1) is 19.2 Å². The predicted octanol–water partition coefficient (Wildman–Crippen LogP) is 2.06. The number of carbonyl (C=O) groups is 1. The van der Waals surface area contributed by atoms with Gasteiger partial charge in [-0.25, -0.2) is 4.99 Å². The molecule has 0 saturated carbocycles. The van der Waals surface area contributed by atoms with E-state index in [2.05, 4.69) is 20.2 Å². The smallest absolute Gasteiger partial charge is 0.259 e. The zero-order valence-electron chi connectivity index (χ0n) is 18.1. The number of fused-ring (bicyclic) bond motifs is 3. The number of hydrogen-bond donors (Lipinski definition) is 1. The molecule has 9 heteroatoms. The molecule has 0 atom stereocenters. The van der Waals surface area contributed by atoms with E-state index in [1.54, 1.807) is 25.4 Å². The van der Waals surface area contributed by atoms with Crippen LogP contribution >= 0.6 is 0 Å². The molecule has 0 spiro atoms. The molecule has 0 unspecified atom stereocenters. The summed E-state index contributed by atoms with van der Waals surface area (Å²) in [6, 6.07) is 7.31. The molecule has 9 nitrogen and oxygen atoms in total. The van der Waals surface area contributed by atoms with Crippen LogP contribution in [0.25, 0.3) is 0 Å². The number of ether oxygens (including phenoxy) is 2. The van der Waals surface area contributed by atoms with Crippen LogP contribution in [0, 0.1) is 0 Å². The van der Waals surface area contributed by atoms with Gasteiger partial charge in [0, 0.05) is 31.0 Å². The van der Waals surface area contributed by atoms with Crippen LogP contribution in [-0.2, 0) is 0 Å². The Bertz CT molecular complexity index is 1060. The number of methoxy groups -OCH3 is 1. The molecule has 0 bridgehead atoms. The van der Waals surface area contributed by atoms with Crippen molar-refractivity contribution in [3.05, 3.63) is 47.8 Å². The highest BCUT2D eigenvalue weighted by Crippen LogP contribution is 2.43. The fourth-order valence-corrected chi connectivity index (χ4v) is 4.26. The standard InChI is InChI=1S/C23H26N6O3/c1-31-20-18(32-14-13-28-10-2-3-11-28)7-6-17-19(20)26-23(29-12-9-25-21(17)29)27-22(30)16-5-4-8-24-15-16/h4-8,15H,2-3,9-14H2,1H3,(H,26,27,30). The quantitative estimate of drug-likeness (QED) is 0.748. The van der Waals surface area contributed by atoms with E-state index in [1.165, 1.54) is 19.0 Å². The molecule has 1 aromatic carbocycles. The number of nitrogens with zero attached hydrogens (tertiary/aromatic N) is 5. The van der Waals surface area contributed by atoms with Crippen LogP contribution in [0.5, 0.6) is 11.5 Å². The van der Waals surface area contributed by atoms with Crippen LogP contribution in [-0.4, -0.2) is 78.9 Å². The molecular weight excluding hydrogens is 408 g/mol. The Morgan fingerprint density at radius 2 is 2.06 bits per heavy atom. The maximum Gasteiger partial charge on any atom is 0.259 e. The van der Waals surface area contributed by atoms with Crippen LogP contribution in [0.15, 0.2) is 46.6 Å². The minimum absolute atomic E-state index is 0.275. The highest BCUT2D eigenvalue weighted by atomic mass is 16.5. The van der Waals surface area contributed by atoms with Gasteiger partial charge in [0.25, 0.3) is 5.91 Å². The molecule has 1 saturated heterocycles. The minimum atomic E-state index is -0.275. The molecule has 1 fully saturated rings. The first-order chi connectivity index (χ1) is 15.7. The lowest BCUT2D eigenvalue weighted by Crippen LogP contribution is -2.47. The Morgan fingerprint density at radius 3 is 2.84 bits per heavy atom. The largest absolute Gasteiger partial charge is 0.491 e. The Balaban J connectivity index is 1.42. The number of rotatable bonds is 6. The summed E-state index contributed by atoms with van der Waals surface area (Å²) >= 11 is 0. The fraction of sp³-hybridized carbons (Fsp3) is 0.391. The van der Waals surface area contributed by atoms with Crippen LogP contribution in [0.1, 0.15) is 28.8 Å². The van der Waals surface area contributed by atoms with Gasteiger partial charge < -0.3 is 9.47 Å². The van der Waals surface area contributed by atoms with E-state index < -0.39 is 0 Å². The molecule has 3 aliphatic heterocycles. The van der Waals surface area contributed by atoms with E-state index in [-0.39, 0.29) is 5.91 Å². The number of amidine groups is 1. The summed E-state index contributed by atoms with van der Waals surface area (Å²) in [5.41, 5.74) is 1.94. The van der Waals surface area contributed by atoms with Crippen molar-refractivity contribution in [1.82, 2.24) is 20.1 Å². The highest BCUT2D eigenvalue weighted by molar-refractivity contribution is 6.20. The van der Waals surface area contributed by atoms with E-state index in [0.29, 0.717) is 48.4 Å². The zero-order valence-corrected chi connectivity index (χ0v) is 18.1. The Labute approximate surface area is 186 Å². The number of amides is 1. The molecule has 32 heavy (non-hydrogen) atoms. The maximum atomic E-state index is 12.7. The highest BCUT2D eigenvalue weighted by Gasteiger charge is 2.33. The van der Waals surface area contributed by atoms with E-state index in [4.69, 9.17) is 14.5 Å². The van der Waals surface area contributed by atoms with Gasteiger partial charge in [-0.2, -0.15) is 0 Å². The molecule has 1 aromatic heterocycles. The second kappa shape index (κ2) is 8.96. The molecule has 4 heterocycles. The van der Waals surface area contributed by atoms with Gasteiger partial charge in [-0.3, -0.25) is 29.9 Å². The normalized spacial score (nSPS) is 17.3. The van der Waals surface area contributed by atoms with Crippen molar-refractivity contribution >= 4 is 23.4 Å². The number of aromatic nitrogens is 1. The molecule has 0 radical (unpaired) electrons. The van der Waals surface area contributed by atoms with Crippen LogP contribution in [0.3, 0.4) is 0 Å². The summed E-state index contributed by atoms with van der Waals surface area (Å²) in [5.74, 6) is 2.11. The predicted molar refractivity (Wildman–Crippen MR) is 121 cm³/mol. The summed E-state index contributed by atoms with van der Waals surface area (Å²) in [4.78, 5) is 30.5. The maximum absolute atomic E-state index is 12.7. The van der Waals surface area contributed by atoms with E-state index in [0.717, 1.165) is 31.0 Å². The first kappa shape index (κ1) is 20.4. The Kier molecular flexibility index (Phi) is 5.72. The van der Waals surface area contributed by atoms with Crippen LogP contribution in [0.2, 0.25) is 0 Å². The first-order valence-corrected chi connectivity index (χ1v) is 10.9. The molecule has 3 aliphatic rings. The van der Waals surface area contributed by atoms with Gasteiger partial charge in [0.2, 0.25) is 5.96 Å². The van der Waals surface area contributed by atoms with Crippen LogP contribution in [0.4, 0.5) is 5.69 Å². The molecule has 1 N–H and O–H groups in total. The van der Waals surface area contributed by atoms with Gasteiger partial charge in [0.1, 0.15) is 18.1 Å². The SMILES string of the molecule is COc1c(OCCN2CCCC2)ccc2c1N=C(NC(=O)c1cccnc1)N1CCN=C21. The monoisotopic (exact) mass is 434 g/mol. The lowest BCUT2D eigenvalue weighted by atomic mass is 10.1. The zero-order chi connectivity index (χ0) is 21.9. The Morgan fingerprint density at radius 1 is 1.19 bits per heavy atom. The average molecular weight is 435 g/mol. The number of likely N-dealkylation sites (tertiary alicyclic amines) is 1. The molecule has 0 aliphatic carbocycles. The third-order valence-corrected chi connectivity index (χ3v) is 5.87. The second-order valence-electron chi connectivity index (χ2n) is 7.88. The fourth-order valence-electron chi connectivity index (χ4n) is 4.26. The third kappa shape index (κ3) is 3.91. The molecular formula is C23H26N6O3. The van der Waals surface area contributed by atoms with E-state index in [9.17, 15) is 4.79 Å². The number of guanidine groups is 1. The Hall–Kier alpha value is -3.46. The second-order valence-corrected chi connectivity index (χ2v) is 7.88. The number of nitrogens with one attached hydrogen (secondary N) is 1. The third-order valence-electron chi connectivity index (χ3n) is 5.87. The van der Waals surface area contributed by atoms with Gasteiger partial charge in [0.15, 0.2) is 11.5 Å². The van der Waals surface area contributed by atoms with Crippen molar-refractivity contribution in [3.63, 3.8) is 0 Å². The van der Waals surface area contributed by atoms with Gasteiger partial charge in [-0.05, 0) is 50.2 Å². The number of pyridine rings is 1. The van der Waals surface area contributed by atoms with Crippen molar-refractivity contribution in [1.29, 1.82) is 0 Å². The summed E-state index contributed by atoms with van der Waals surface area (Å²) < 4.78 is 11.8. The summed E-state index contributed by atoms with van der Waals surface area (Å²) in [6.45, 7) is 5.01. The van der Waals surface area contributed by atoms with E-state index >= 15 is 0 Å². The van der Waals surface area contributed by atoms with Crippen molar-refractivity contribution in [2.45, 2.75) is 12.8 Å². The molecule has 166 valence electrons.